The van der Waals surface area contributed by atoms with Crippen LogP contribution in [0, 0.1) is 0 Å². The molecular weight excluding hydrogens is 192 g/mol. The van der Waals surface area contributed by atoms with Crippen molar-refractivity contribution in [2.24, 2.45) is 0 Å². The fourth-order valence-corrected chi connectivity index (χ4v) is 2.34. The second-order valence-corrected chi connectivity index (χ2v) is 4.58. The number of aliphatic hydroxyl groups is 1. The molecule has 1 aliphatic rings. The lowest BCUT2D eigenvalue weighted by Crippen LogP contribution is -2.38. The number of hydrogen-bond donors (Lipinski definition) is 1. The molecule has 4 nitrogen and oxygen atoms in total. The summed E-state index contributed by atoms with van der Waals surface area (Å²) in [7, 11) is 2.00. The van der Waals surface area contributed by atoms with Gasteiger partial charge in [0.2, 0.25) is 0 Å². The number of likely N-dealkylation sites (N-methyl/N-ethyl adjacent to an activating group) is 1. The van der Waals surface area contributed by atoms with Crippen LogP contribution in [0.1, 0.15) is 31.4 Å². The Labute approximate surface area is 89.9 Å². The Kier molecular flexibility index (Phi) is 3.07. The van der Waals surface area contributed by atoms with E-state index in [2.05, 4.69) is 10.1 Å². The molecule has 0 aromatic carbocycles. The van der Waals surface area contributed by atoms with Gasteiger partial charge in [-0.05, 0) is 19.9 Å². The summed E-state index contributed by atoms with van der Waals surface area (Å²) < 4.78 is 5.03. The summed E-state index contributed by atoms with van der Waals surface area (Å²) in [6.45, 7) is 1.43. The van der Waals surface area contributed by atoms with E-state index in [-0.39, 0.29) is 0 Å². The van der Waals surface area contributed by atoms with Crippen molar-refractivity contribution in [1.29, 1.82) is 0 Å². The lowest BCUT2D eigenvalue weighted by Gasteiger charge is -2.27. The minimum absolute atomic E-state index is 0.477. The van der Waals surface area contributed by atoms with E-state index in [0.29, 0.717) is 13.1 Å². The third-order valence-corrected chi connectivity index (χ3v) is 3.02. The number of aromatic nitrogens is 1. The van der Waals surface area contributed by atoms with Crippen LogP contribution in [-0.2, 0) is 6.54 Å². The highest BCUT2D eigenvalue weighted by atomic mass is 16.5. The van der Waals surface area contributed by atoms with Gasteiger partial charge in [-0.1, -0.05) is 18.0 Å². The molecule has 1 saturated carbocycles. The van der Waals surface area contributed by atoms with Crippen LogP contribution < -0.4 is 0 Å². The standard InChI is InChI=1S/C11H18N2O2/c1-13(8-10-4-7-12-15-10)9-11(14)5-2-3-6-11/h4,7,14H,2-3,5-6,8-9H2,1H3. The predicted octanol–water partition coefficient (Wildman–Crippen LogP) is 1.41. The van der Waals surface area contributed by atoms with Crippen molar-refractivity contribution in [2.75, 3.05) is 13.6 Å². The van der Waals surface area contributed by atoms with Gasteiger partial charge in [0.25, 0.3) is 0 Å². The van der Waals surface area contributed by atoms with Crippen LogP contribution >= 0.6 is 0 Å². The normalized spacial score (nSPS) is 19.9. The summed E-state index contributed by atoms with van der Waals surface area (Å²) in [5, 5.41) is 13.9. The Morgan fingerprint density at radius 3 is 2.87 bits per heavy atom. The second-order valence-electron chi connectivity index (χ2n) is 4.58. The molecule has 0 saturated heterocycles. The molecule has 15 heavy (non-hydrogen) atoms. The first kappa shape index (κ1) is 10.6. The minimum atomic E-state index is -0.477. The SMILES string of the molecule is CN(Cc1ccno1)CC1(O)CCCC1. The maximum Gasteiger partial charge on any atom is 0.150 e. The van der Waals surface area contributed by atoms with Crippen molar-refractivity contribution >= 4 is 0 Å². The summed E-state index contributed by atoms with van der Waals surface area (Å²) in [5.74, 6) is 0.846. The fraction of sp³-hybridized carbons (Fsp3) is 0.727. The van der Waals surface area contributed by atoms with Crippen molar-refractivity contribution in [3.8, 4) is 0 Å². The Balaban J connectivity index is 1.84. The molecule has 1 N–H and O–H groups in total. The summed E-state index contributed by atoms with van der Waals surface area (Å²) >= 11 is 0. The third-order valence-electron chi connectivity index (χ3n) is 3.02. The Hall–Kier alpha value is -0.870. The molecule has 1 heterocycles. The molecule has 2 rings (SSSR count). The van der Waals surface area contributed by atoms with Crippen LogP contribution in [0.3, 0.4) is 0 Å². The van der Waals surface area contributed by atoms with E-state index in [4.69, 9.17) is 4.52 Å². The van der Waals surface area contributed by atoms with E-state index in [1.54, 1.807) is 6.20 Å². The quantitative estimate of drug-likeness (QED) is 0.816. The highest BCUT2D eigenvalue weighted by molar-refractivity contribution is 4.94. The molecule has 0 radical (unpaired) electrons. The van der Waals surface area contributed by atoms with Crippen LogP contribution in [0.25, 0.3) is 0 Å². The first-order valence-corrected chi connectivity index (χ1v) is 5.48. The maximum atomic E-state index is 10.2. The molecule has 1 aliphatic carbocycles. The van der Waals surface area contributed by atoms with Crippen LogP contribution in [0.2, 0.25) is 0 Å². The van der Waals surface area contributed by atoms with Gasteiger partial charge in [0.1, 0.15) is 0 Å². The fourth-order valence-electron chi connectivity index (χ4n) is 2.34. The zero-order valence-electron chi connectivity index (χ0n) is 9.15. The van der Waals surface area contributed by atoms with Gasteiger partial charge in [0, 0.05) is 12.6 Å². The smallest absolute Gasteiger partial charge is 0.150 e. The van der Waals surface area contributed by atoms with E-state index in [1.165, 1.54) is 0 Å². The van der Waals surface area contributed by atoms with E-state index < -0.39 is 5.60 Å². The van der Waals surface area contributed by atoms with Gasteiger partial charge in [0.15, 0.2) is 5.76 Å². The Morgan fingerprint density at radius 1 is 1.53 bits per heavy atom. The maximum absolute atomic E-state index is 10.2. The molecule has 0 unspecified atom stereocenters. The van der Waals surface area contributed by atoms with Crippen molar-refractivity contribution in [3.63, 3.8) is 0 Å². The lowest BCUT2D eigenvalue weighted by molar-refractivity contribution is 0.0128. The average Bonchev–Trinajstić information content (AvgIpc) is 2.76. The molecule has 1 aromatic rings. The number of nitrogens with zero attached hydrogens (tertiary/aromatic N) is 2. The topological polar surface area (TPSA) is 49.5 Å². The van der Waals surface area contributed by atoms with Gasteiger partial charge in [-0.3, -0.25) is 4.90 Å². The molecule has 0 spiro atoms. The van der Waals surface area contributed by atoms with Gasteiger partial charge >= 0.3 is 0 Å². The summed E-state index contributed by atoms with van der Waals surface area (Å²) in [5.41, 5.74) is -0.477. The van der Waals surface area contributed by atoms with Crippen molar-refractivity contribution in [2.45, 2.75) is 37.8 Å². The zero-order chi connectivity index (χ0) is 10.7. The first-order chi connectivity index (χ1) is 7.18. The molecule has 0 atom stereocenters. The molecule has 1 fully saturated rings. The number of rotatable bonds is 4. The third kappa shape index (κ3) is 2.79. The molecule has 0 aliphatic heterocycles. The highest BCUT2D eigenvalue weighted by Crippen LogP contribution is 2.30. The largest absolute Gasteiger partial charge is 0.389 e. The van der Waals surface area contributed by atoms with E-state index in [9.17, 15) is 5.11 Å². The average molecular weight is 210 g/mol. The van der Waals surface area contributed by atoms with Crippen LogP contribution in [0.15, 0.2) is 16.8 Å². The van der Waals surface area contributed by atoms with E-state index in [1.807, 2.05) is 13.1 Å². The van der Waals surface area contributed by atoms with Crippen LogP contribution in [-0.4, -0.2) is 34.4 Å². The van der Waals surface area contributed by atoms with Gasteiger partial charge in [-0.2, -0.15) is 0 Å². The lowest BCUT2D eigenvalue weighted by atomic mass is 10.0. The molecule has 0 amide bonds. The molecular formula is C11H18N2O2. The van der Waals surface area contributed by atoms with E-state index in [0.717, 1.165) is 31.4 Å². The summed E-state index contributed by atoms with van der Waals surface area (Å²) in [4.78, 5) is 2.09. The highest BCUT2D eigenvalue weighted by Gasteiger charge is 2.32. The summed E-state index contributed by atoms with van der Waals surface area (Å²) in [6.07, 6.45) is 5.79. The second kappa shape index (κ2) is 4.33. The summed E-state index contributed by atoms with van der Waals surface area (Å²) in [6, 6.07) is 1.86. The van der Waals surface area contributed by atoms with Crippen LogP contribution in [0.5, 0.6) is 0 Å². The van der Waals surface area contributed by atoms with Crippen molar-refractivity contribution < 1.29 is 9.63 Å². The van der Waals surface area contributed by atoms with E-state index >= 15 is 0 Å². The molecule has 0 bridgehead atoms. The first-order valence-electron chi connectivity index (χ1n) is 5.48. The van der Waals surface area contributed by atoms with Gasteiger partial charge in [-0.25, -0.2) is 0 Å². The predicted molar refractivity (Wildman–Crippen MR) is 56.3 cm³/mol. The van der Waals surface area contributed by atoms with Crippen molar-refractivity contribution in [3.05, 3.63) is 18.0 Å². The Bertz CT molecular complexity index is 292. The molecule has 1 aromatic heterocycles. The van der Waals surface area contributed by atoms with Crippen molar-refractivity contribution in [1.82, 2.24) is 10.1 Å². The van der Waals surface area contributed by atoms with Crippen LogP contribution in [0.4, 0.5) is 0 Å². The molecule has 84 valence electrons. The van der Waals surface area contributed by atoms with Gasteiger partial charge in [0.05, 0.1) is 18.3 Å². The zero-order valence-corrected chi connectivity index (χ0v) is 9.15. The van der Waals surface area contributed by atoms with Gasteiger partial charge in [-0.15, -0.1) is 0 Å². The minimum Gasteiger partial charge on any atom is -0.389 e. The molecule has 4 heteroatoms. The number of hydrogen-bond acceptors (Lipinski definition) is 4. The van der Waals surface area contributed by atoms with Gasteiger partial charge < -0.3 is 9.63 Å². The Morgan fingerprint density at radius 2 is 2.27 bits per heavy atom. The monoisotopic (exact) mass is 210 g/mol.